The average molecular weight is 479 g/mol. The zero-order valence-corrected chi connectivity index (χ0v) is 19.4. The van der Waals surface area contributed by atoms with Gasteiger partial charge >= 0.3 is 12.1 Å². The molecule has 8 nitrogen and oxygen atoms in total. The number of aliphatic carboxylic acids is 1. The summed E-state index contributed by atoms with van der Waals surface area (Å²) in [5.74, 6) is -0.938. The molecule has 0 spiro atoms. The van der Waals surface area contributed by atoms with Crippen LogP contribution in [0.5, 0.6) is 0 Å². The lowest BCUT2D eigenvalue weighted by Crippen LogP contribution is -2.48. The number of benzene rings is 2. The van der Waals surface area contributed by atoms with Gasteiger partial charge in [0.05, 0.1) is 25.2 Å². The lowest BCUT2D eigenvalue weighted by atomic mass is 9.73. The fraction of sp³-hybridized carbons (Fsp3) is 0.444. The molecule has 1 saturated heterocycles. The molecule has 2 aliphatic carbocycles. The molecule has 2 unspecified atom stereocenters. The van der Waals surface area contributed by atoms with E-state index in [-0.39, 0.29) is 44.0 Å². The SMILES string of the molecule is O=C(O)CC1CC(CNC(=O)C2COCC2NC(=O)OCC2c3ccccc3-c3ccccc32)C1. The van der Waals surface area contributed by atoms with Gasteiger partial charge in [-0.05, 0) is 46.9 Å². The van der Waals surface area contributed by atoms with Gasteiger partial charge in [0, 0.05) is 18.9 Å². The second-order valence-corrected chi connectivity index (χ2v) is 9.77. The van der Waals surface area contributed by atoms with Crippen molar-refractivity contribution in [2.24, 2.45) is 17.8 Å². The van der Waals surface area contributed by atoms with Gasteiger partial charge in [0.1, 0.15) is 6.61 Å². The van der Waals surface area contributed by atoms with Crippen molar-refractivity contribution in [1.29, 1.82) is 0 Å². The first-order chi connectivity index (χ1) is 17.0. The molecule has 2 atom stereocenters. The van der Waals surface area contributed by atoms with Crippen molar-refractivity contribution in [3.05, 3.63) is 59.7 Å². The van der Waals surface area contributed by atoms with E-state index in [1.165, 1.54) is 11.1 Å². The van der Waals surface area contributed by atoms with Crippen LogP contribution < -0.4 is 10.6 Å². The highest BCUT2D eigenvalue weighted by Gasteiger charge is 2.37. The van der Waals surface area contributed by atoms with Crippen molar-refractivity contribution in [2.75, 3.05) is 26.4 Å². The van der Waals surface area contributed by atoms with Crippen LogP contribution in [0.1, 0.15) is 36.3 Å². The summed E-state index contributed by atoms with van der Waals surface area (Å²) >= 11 is 0. The minimum Gasteiger partial charge on any atom is -0.481 e. The van der Waals surface area contributed by atoms with E-state index < -0.39 is 24.0 Å². The van der Waals surface area contributed by atoms with Gasteiger partial charge < -0.3 is 25.2 Å². The number of carboxylic acid groups (broad SMARTS) is 1. The highest BCUT2D eigenvalue weighted by molar-refractivity contribution is 5.81. The zero-order chi connectivity index (χ0) is 24.4. The Morgan fingerprint density at radius 2 is 1.60 bits per heavy atom. The summed E-state index contributed by atoms with van der Waals surface area (Å²) in [6.07, 6.45) is 1.26. The van der Waals surface area contributed by atoms with Crippen molar-refractivity contribution in [3.8, 4) is 11.1 Å². The summed E-state index contributed by atoms with van der Waals surface area (Å²) in [5.41, 5.74) is 4.62. The quantitative estimate of drug-likeness (QED) is 0.537. The van der Waals surface area contributed by atoms with Crippen LogP contribution in [-0.4, -0.2) is 55.5 Å². The standard InChI is InChI=1S/C27H30N2O6/c30-25(31)11-16-9-17(10-16)12-28-26(32)23-13-34-15-24(23)29-27(33)35-14-22-20-7-3-1-5-18(20)19-6-2-4-8-21(19)22/h1-8,16-17,22-24H,9-15H2,(H,28,32)(H,29,33)(H,30,31). The van der Waals surface area contributed by atoms with Gasteiger partial charge in [-0.15, -0.1) is 0 Å². The third kappa shape index (κ3) is 5.03. The summed E-state index contributed by atoms with van der Waals surface area (Å²) < 4.78 is 11.1. The molecule has 3 N–H and O–H groups in total. The number of carbonyl (C=O) groups excluding carboxylic acids is 2. The molecule has 1 aliphatic heterocycles. The largest absolute Gasteiger partial charge is 0.481 e. The van der Waals surface area contributed by atoms with Crippen LogP contribution in [-0.2, 0) is 19.1 Å². The Labute approximate surface area is 204 Å². The number of carbonyl (C=O) groups is 3. The lowest BCUT2D eigenvalue weighted by molar-refractivity contribution is -0.139. The van der Waals surface area contributed by atoms with E-state index in [2.05, 4.69) is 34.9 Å². The maximum absolute atomic E-state index is 12.7. The molecule has 8 heteroatoms. The number of alkyl carbamates (subject to hydrolysis) is 1. The Hall–Kier alpha value is -3.39. The molecule has 2 amide bonds. The van der Waals surface area contributed by atoms with Gasteiger partial charge in [0.25, 0.3) is 0 Å². The first-order valence-electron chi connectivity index (χ1n) is 12.2. The number of nitrogens with one attached hydrogen (secondary N) is 2. The highest BCUT2D eigenvalue weighted by atomic mass is 16.5. The van der Waals surface area contributed by atoms with Crippen LogP contribution in [0.2, 0.25) is 0 Å². The third-order valence-corrected chi connectivity index (χ3v) is 7.43. The van der Waals surface area contributed by atoms with Gasteiger partial charge in [0.2, 0.25) is 5.91 Å². The predicted octanol–water partition coefficient (Wildman–Crippen LogP) is 3.16. The molecule has 5 rings (SSSR count). The Balaban J connectivity index is 1.11. The van der Waals surface area contributed by atoms with Crippen LogP contribution in [0.25, 0.3) is 11.1 Å². The minimum atomic E-state index is -0.775. The number of amides is 2. The summed E-state index contributed by atoms with van der Waals surface area (Å²) in [6.45, 7) is 1.23. The normalized spacial score (nSPS) is 24.7. The number of hydrogen-bond donors (Lipinski definition) is 3. The van der Waals surface area contributed by atoms with Crippen LogP contribution in [0.4, 0.5) is 4.79 Å². The van der Waals surface area contributed by atoms with E-state index in [4.69, 9.17) is 14.6 Å². The number of ether oxygens (including phenoxy) is 2. The lowest BCUT2D eigenvalue weighted by Gasteiger charge is -2.34. The molecule has 0 radical (unpaired) electrons. The van der Waals surface area contributed by atoms with Crippen molar-refractivity contribution < 1.29 is 29.0 Å². The summed E-state index contributed by atoms with van der Waals surface area (Å²) in [7, 11) is 0. The van der Waals surface area contributed by atoms with Gasteiger partial charge in [0.15, 0.2) is 0 Å². The maximum Gasteiger partial charge on any atom is 0.407 e. The van der Waals surface area contributed by atoms with Gasteiger partial charge in [-0.3, -0.25) is 9.59 Å². The Morgan fingerprint density at radius 3 is 2.26 bits per heavy atom. The fourth-order valence-corrected chi connectivity index (χ4v) is 5.58. The number of rotatable bonds is 8. The van der Waals surface area contributed by atoms with Crippen molar-refractivity contribution >= 4 is 18.0 Å². The molecule has 35 heavy (non-hydrogen) atoms. The predicted molar refractivity (Wildman–Crippen MR) is 128 cm³/mol. The fourth-order valence-electron chi connectivity index (χ4n) is 5.58. The molecule has 184 valence electrons. The average Bonchev–Trinajstić information content (AvgIpc) is 3.41. The second-order valence-electron chi connectivity index (χ2n) is 9.77. The summed E-state index contributed by atoms with van der Waals surface area (Å²) in [5, 5.41) is 14.6. The zero-order valence-electron chi connectivity index (χ0n) is 19.4. The maximum atomic E-state index is 12.7. The van der Waals surface area contributed by atoms with Crippen molar-refractivity contribution in [2.45, 2.75) is 31.2 Å². The van der Waals surface area contributed by atoms with Crippen molar-refractivity contribution in [3.63, 3.8) is 0 Å². The topological polar surface area (TPSA) is 114 Å². The first kappa shape index (κ1) is 23.4. The molecule has 3 aliphatic rings. The summed E-state index contributed by atoms with van der Waals surface area (Å²) in [4.78, 5) is 36.1. The van der Waals surface area contributed by atoms with Gasteiger partial charge in [-0.25, -0.2) is 4.79 Å². The molecule has 0 aromatic heterocycles. The molecule has 1 heterocycles. The Kier molecular flexibility index (Phi) is 6.72. The van der Waals surface area contributed by atoms with Crippen molar-refractivity contribution in [1.82, 2.24) is 10.6 Å². The summed E-state index contributed by atoms with van der Waals surface area (Å²) in [6, 6.07) is 15.9. The molecule has 1 saturated carbocycles. The Bertz CT molecular complexity index is 1070. The molecular weight excluding hydrogens is 448 g/mol. The Morgan fingerprint density at radius 1 is 0.943 bits per heavy atom. The van der Waals surface area contributed by atoms with E-state index in [0.717, 1.165) is 24.0 Å². The number of hydrogen-bond acceptors (Lipinski definition) is 5. The molecular formula is C27H30N2O6. The second kappa shape index (κ2) is 10.1. The van der Waals surface area contributed by atoms with Crippen LogP contribution in [0, 0.1) is 17.8 Å². The van der Waals surface area contributed by atoms with E-state index in [1.54, 1.807) is 0 Å². The molecule has 2 fully saturated rings. The molecule has 2 aromatic carbocycles. The van der Waals surface area contributed by atoms with E-state index in [9.17, 15) is 14.4 Å². The smallest absolute Gasteiger partial charge is 0.407 e. The number of fused-ring (bicyclic) bond motifs is 3. The first-order valence-corrected chi connectivity index (χ1v) is 12.2. The van der Waals surface area contributed by atoms with E-state index >= 15 is 0 Å². The van der Waals surface area contributed by atoms with Crippen LogP contribution in [0.3, 0.4) is 0 Å². The molecule has 2 aromatic rings. The third-order valence-electron chi connectivity index (χ3n) is 7.43. The van der Waals surface area contributed by atoms with E-state index in [0.29, 0.717) is 12.5 Å². The van der Waals surface area contributed by atoms with E-state index in [1.807, 2.05) is 24.3 Å². The monoisotopic (exact) mass is 478 g/mol. The number of carboxylic acids is 1. The van der Waals surface area contributed by atoms with Crippen LogP contribution >= 0.6 is 0 Å². The van der Waals surface area contributed by atoms with Gasteiger partial charge in [-0.2, -0.15) is 0 Å². The van der Waals surface area contributed by atoms with Crippen LogP contribution in [0.15, 0.2) is 48.5 Å². The molecule has 0 bridgehead atoms. The van der Waals surface area contributed by atoms with Gasteiger partial charge in [-0.1, -0.05) is 48.5 Å². The highest BCUT2D eigenvalue weighted by Crippen LogP contribution is 2.44. The minimum absolute atomic E-state index is 0.0282.